The summed E-state index contributed by atoms with van der Waals surface area (Å²) in [4.78, 5) is 19.7. The third-order valence-electron chi connectivity index (χ3n) is 5.71. The summed E-state index contributed by atoms with van der Waals surface area (Å²) in [6.07, 6.45) is 7.26. The molecule has 1 saturated carbocycles. The molecule has 3 aliphatic rings. The summed E-state index contributed by atoms with van der Waals surface area (Å²) in [5.41, 5.74) is 2.91. The molecule has 2 fully saturated rings. The van der Waals surface area contributed by atoms with Crippen LogP contribution in [0.4, 0.5) is 0 Å². The lowest BCUT2D eigenvalue weighted by molar-refractivity contribution is -0.124. The molecule has 7 nitrogen and oxygen atoms in total. The number of hydrogen-bond acceptors (Lipinski definition) is 5. The first-order chi connectivity index (χ1) is 12.7. The molecule has 4 heterocycles. The molecule has 0 radical (unpaired) electrons. The van der Waals surface area contributed by atoms with E-state index >= 15 is 0 Å². The zero-order valence-corrected chi connectivity index (χ0v) is 14.4. The summed E-state index contributed by atoms with van der Waals surface area (Å²) in [5.74, 6) is 2.82. The Kier molecular flexibility index (Phi) is 3.75. The van der Waals surface area contributed by atoms with E-state index in [-0.39, 0.29) is 18.0 Å². The van der Waals surface area contributed by atoms with E-state index in [2.05, 4.69) is 20.6 Å². The van der Waals surface area contributed by atoms with Crippen LogP contribution in [0.15, 0.2) is 24.4 Å². The van der Waals surface area contributed by atoms with E-state index in [1.807, 2.05) is 12.3 Å². The lowest BCUT2D eigenvalue weighted by atomic mass is 9.68. The zero-order valence-electron chi connectivity index (χ0n) is 14.4. The van der Waals surface area contributed by atoms with Crippen LogP contribution in [0.3, 0.4) is 0 Å². The fourth-order valence-electron chi connectivity index (χ4n) is 4.32. The molecule has 1 atom stereocenters. The van der Waals surface area contributed by atoms with Gasteiger partial charge in [0.05, 0.1) is 12.2 Å². The fraction of sp³-hybridized carbons (Fsp3) is 0.444. The molecule has 5 rings (SSSR count). The van der Waals surface area contributed by atoms with E-state index in [9.17, 15) is 9.82 Å². The SMILES string of the molecule is O=C(NC1CC(C2=CB(O)Oc3cnc4[nH]ccc4c32)C1)C1CCCN1. The predicted octanol–water partition coefficient (Wildman–Crippen LogP) is 1.01. The van der Waals surface area contributed by atoms with Gasteiger partial charge >= 0.3 is 7.12 Å². The summed E-state index contributed by atoms with van der Waals surface area (Å²) >= 11 is 0. The number of H-pyrrole nitrogens is 1. The fourth-order valence-corrected chi connectivity index (χ4v) is 4.32. The Morgan fingerprint density at radius 1 is 1.42 bits per heavy atom. The minimum absolute atomic E-state index is 0.0375. The van der Waals surface area contributed by atoms with Crippen molar-refractivity contribution < 1.29 is 14.5 Å². The van der Waals surface area contributed by atoms with Crippen LogP contribution in [0.2, 0.25) is 0 Å². The summed E-state index contributed by atoms with van der Waals surface area (Å²) in [6, 6.07) is 2.15. The third kappa shape index (κ3) is 2.60. The average molecular weight is 352 g/mol. The van der Waals surface area contributed by atoms with Crippen LogP contribution in [0.1, 0.15) is 31.2 Å². The zero-order chi connectivity index (χ0) is 17.7. The molecule has 1 saturated heterocycles. The maximum Gasteiger partial charge on any atom is 0.552 e. The molecule has 2 aliphatic heterocycles. The van der Waals surface area contributed by atoms with Crippen LogP contribution in [-0.4, -0.2) is 46.6 Å². The molecule has 1 unspecified atom stereocenters. The van der Waals surface area contributed by atoms with E-state index in [1.165, 1.54) is 0 Å². The largest absolute Gasteiger partial charge is 0.552 e. The smallest absolute Gasteiger partial charge is 0.531 e. The highest BCUT2D eigenvalue weighted by atomic mass is 16.5. The Morgan fingerprint density at radius 3 is 3.12 bits per heavy atom. The number of pyridine rings is 1. The van der Waals surface area contributed by atoms with Gasteiger partial charge in [0, 0.05) is 23.2 Å². The number of hydrogen-bond donors (Lipinski definition) is 4. The van der Waals surface area contributed by atoms with Crippen LogP contribution in [0.25, 0.3) is 16.6 Å². The van der Waals surface area contributed by atoms with Gasteiger partial charge in [-0.1, -0.05) is 0 Å². The Labute approximate surface area is 151 Å². The molecule has 4 N–H and O–H groups in total. The Bertz CT molecular complexity index is 884. The summed E-state index contributed by atoms with van der Waals surface area (Å²) in [7, 11) is -0.952. The number of nitrogens with one attached hydrogen (secondary N) is 3. The number of nitrogens with zero attached hydrogens (tertiary/aromatic N) is 1. The minimum atomic E-state index is -0.952. The molecule has 134 valence electrons. The van der Waals surface area contributed by atoms with Gasteiger partial charge < -0.3 is 25.3 Å². The Morgan fingerprint density at radius 2 is 2.31 bits per heavy atom. The van der Waals surface area contributed by atoms with Crippen molar-refractivity contribution in [2.45, 2.75) is 37.8 Å². The van der Waals surface area contributed by atoms with Crippen molar-refractivity contribution in [2.75, 3.05) is 6.54 Å². The Hall–Kier alpha value is -2.32. The van der Waals surface area contributed by atoms with Crippen LogP contribution in [0, 0.1) is 5.92 Å². The number of fused-ring (bicyclic) bond motifs is 3. The predicted molar refractivity (Wildman–Crippen MR) is 98.4 cm³/mol. The lowest BCUT2D eigenvalue weighted by Gasteiger charge is -2.39. The molecular formula is C18H21BN4O3. The van der Waals surface area contributed by atoms with Crippen molar-refractivity contribution in [3.8, 4) is 5.75 Å². The van der Waals surface area contributed by atoms with E-state index in [1.54, 1.807) is 12.2 Å². The number of aromatic nitrogens is 2. The van der Waals surface area contributed by atoms with Crippen LogP contribution >= 0.6 is 0 Å². The van der Waals surface area contributed by atoms with Crippen molar-refractivity contribution in [2.24, 2.45) is 5.92 Å². The standard InChI is InChI=1S/C18H21BN4O3/c24-18(14-2-1-4-20-14)23-11-6-10(7-11)13-8-19(25)26-15-9-22-17-12(16(13)15)3-5-21-17/h3,5,8-11,14,20,25H,1-2,4,6-7H2,(H,21,22)(H,23,24). The molecule has 8 heteroatoms. The summed E-state index contributed by atoms with van der Waals surface area (Å²) < 4.78 is 5.54. The normalized spacial score (nSPS) is 27.5. The molecule has 0 bridgehead atoms. The van der Waals surface area contributed by atoms with Crippen LogP contribution in [0.5, 0.6) is 5.75 Å². The monoisotopic (exact) mass is 352 g/mol. The first-order valence-corrected chi connectivity index (χ1v) is 9.25. The number of carbonyl (C=O) groups excluding carboxylic acids is 1. The minimum Gasteiger partial charge on any atom is -0.531 e. The van der Waals surface area contributed by atoms with E-state index in [0.717, 1.165) is 54.4 Å². The number of rotatable bonds is 3. The number of amides is 1. The van der Waals surface area contributed by atoms with Crippen molar-refractivity contribution in [1.82, 2.24) is 20.6 Å². The van der Waals surface area contributed by atoms with Gasteiger partial charge in [-0.25, -0.2) is 4.98 Å². The molecule has 2 aromatic rings. The molecule has 26 heavy (non-hydrogen) atoms. The van der Waals surface area contributed by atoms with Gasteiger partial charge in [-0.05, 0) is 55.8 Å². The van der Waals surface area contributed by atoms with Crippen molar-refractivity contribution >= 4 is 29.6 Å². The van der Waals surface area contributed by atoms with Crippen molar-refractivity contribution in [3.05, 3.63) is 30.0 Å². The molecule has 0 aromatic carbocycles. The Balaban J connectivity index is 1.34. The molecular weight excluding hydrogens is 331 g/mol. The van der Waals surface area contributed by atoms with E-state index in [4.69, 9.17) is 4.65 Å². The van der Waals surface area contributed by atoms with Gasteiger partial charge in [-0.15, -0.1) is 0 Å². The highest BCUT2D eigenvalue weighted by Crippen LogP contribution is 2.45. The summed E-state index contributed by atoms with van der Waals surface area (Å²) in [5, 5.41) is 17.5. The molecule has 2 aromatic heterocycles. The topological polar surface area (TPSA) is 99.3 Å². The first kappa shape index (κ1) is 15.9. The van der Waals surface area contributed by atoms with Gasteiger partial charge in [0.1, 0.15) is 11.4 Å². The second kappa shape index (κ2) is 6.14. The second-order valence-corrected chi connectivity index (χ2v) is 7.39. The van der Waals surface area contributed by atoms with E-state index in [0.29, 0.717) is 11.7 Å². The van der Waals surface area contributed by atoms with Crippen molar-refractivity contribution in [3.63, 3.8) is 0 Å². The second-order valence-electron chi connectivity index (χ2n) is 7.39. The number of allylic oxidation sites excluding steroid dienone is 1. The van der Waals surface area contributed by atoms with Gasteiger partial charge in [0.25, 0.3) is 0 Å². The van der Waals surface area contributed by atoms with Gasteiger partial charge in [-0.3, -0.25) is 4.79 Å². The van der Waals surface area contributed by atoms with Crippen LogP contribution < -0.4 is 15.3 Å². The highest BCUT2D eigenvalue weighted by molar-refractivity contribution is 6.52. The summed E-state index contributed by atoms with van der Waals surface area (Å²) in [6.45, 7) is 0.924. The van der Waals surface area contributed by atoms with Crippen molar-refractivity contribution in [1.29, 1.82) is 0 Å². The lowest BCUT2D eigenvalue weighted by Crippen LogP contribution is -2.50. The van der Waals surface area contributed by atoms with Gasteiger partial charge in [0.2, 0.25) is 5.91 Å². The van der Waals surface area contributed by atoms with Gasteiger partial charge in [-0.2, -0.15) is 0 Å². The third-order valence-corrected chi connectivity index (χ3v) is 5.71. The maximum atomic E-state index is 12.3. The number of carbonyl (C=O) groups is 1. The maximum absolute atomic E-state index is 12.3. The average Bonchev–Trinajstić information content (AvgIpc) is 3.27. The molecule has 0 spiro atoms. The first-order valence-electron chi connectivity index (χ1n) is 9.25. The molecule has 1 aliphatic carbocycles. The highest BCUT2D eigenvalue weighted by Gasteiger charge is 2.38. The van der Waals surface area contributed by atoms with Gasteiger partial charge in [0.15, 0.2) is 0 Å². The molecule has 1 amide bonds. The number of aromatic amines is 1. The quantitative estimate of drug-likeness (QED) is 0.618. The van der Waals surface area contributed by atoms with Crippen LogP contribution in [-0.2, 0) is 4.79 Å². The van der Waals surface area contributed by atoms with E-state index < -0.39 is 7.12 Å².